The normalized spacial score (nSPS) is 9.85. The maximum absolute atomic E-state index is 9.02. The van der Waals surface area contributed by atoms with E-state index in [1.807, 2.05) is 12.1 Å². The smallest absolute Gasteiger partial charge is 0.137 e. The summed E-state index contributed by atoms with van der Waals surface area (Å²) in [6.07, 6.45) is 0. The van der Waals surface area contributed by atoms with Crippen molar-refractivity contribution in [3.8, 4) is 23.0 Å². The molecule has 0 amide bonds. The SMILES string of the molecule is COc1cc(CBr)c(Br)c(OC)c1.COc1cc(CO)c(Br)c(OC)c1. The highest BCUT2D eigenvalue weighted by molar-refractivity contribution is 9.11. The summed E-state index contributed by atoms with van der Waals surface area (Å²) in [7, 11) is 6.42. The Morgan fingerprint density at radius 3 is 1.50 bits per heavy atom. The quantitative estimate of drug-likeness (QED) is 0.488. The third-order valence-corrected chi connectivity index (χ3v) is 5.81. The van der Waals surface area contributed by atoms with Gasteiger partial charge in [0.05, 0.1) is 44.0 Å². The minimum absolute atomic E-state index is 0.0475. The zero-order valence-electron chi connectivity index (χ0n) is 14.9. The zero-order valence-corrected chi connectivity index (χ0v) is 19.7. The van der Waals surface area contributed by atoms with Crippen LogP contribution in [0, 0.1) is 0 Å². The molecule has 0 aromatic heterocycles. The number of alkyl halides is 1. The van der Waals surface area contributed by atoms with E-state index in [0.29, 0.717) is 11.5 Å². The summed E-state index contributed by atoms with van der Waals surface area (Å²) in [6, 6.07) is 7.31. The fraction of sp³-hybridized carbons (Fsp3) is 0.333. The Morgan fingerprint density at radius 2 is 1.15 bits per heavy atom. The number of rotatable bonds is 6. The van der Waals surface area contributed by atoms with E-state index in [0.717, 1.165) is 36.9 Å². The lowest BCUT2D eigenvalue weighted by molar-refractivity contribution is 0.279. The summed E-state index contributed by atoms with van der Waals surface area (Å²) in [6.45, 7) is -0.0475. The first-order chi connectivity index (χ1) is 12.4. The molecule has 0 unspecified atom stereocenters. The molecule has 0 aliphatic carbocycles. The summed E-state index contributed by atoms with van der Waals surface area (Å²) in [5.74, 6) is 2.91. The number of benzene rings is 2. The van der Waals surface area contributed by atoms with E-state index in [-0.39, 0.29) is 6.61 Å². The minimum Gasteiger partial charge on any atom is -0.497 e. The highest BCUT2D eigenvalue weighted by Crippen LogP contribution is 2.34. The van der Waals surface area contributed by atoms with Gasteiger partial charge in [0.15, 0.2) is 0 Å². The van der Waals surface area contributed by atoms with Gasteiger partial charge in [0.2, 0.25) is 0 Å². The molecule has 0 bridgehead atoms. The van der Waals surface area contributed by atoms with Crippen molar-refractivity contribution in [2.75, 3.05) is 28.4 Å². The highest BCUT2D eigenvalue weighted by Gasteiger charge is 2.09. The average molecular weight is 557 g/mol. The molecular weight excluding hydrogens is 536 g/mol. The van der Waals surface area contributed by atoms with E-state index in [2.05, 4.69) is 47.8 Å². The standard InChI is InChI=1S/C9H10Br2O2.C9H11BrO3/c1-12-7-3-6(5-10)9(11)8(4-7)13-2;1-12-7-3-6(5-11)9(10)8(4-7)13-2/h3-4H,5H2,1-2H3;3-4,11H,5H2,1-2H3. The lowest BCUT2D eigenvalue weighted by Crippen LogP contribution is -1.93. The van der Waals surface area contributed by atoms with Gasteiger partial charge in [0.25, 0.3) is 0 Å². The monoisotopic (exact) mass is 554 g/mol. The lowest BCUT2D eigenvalue weighted by atomic mass is 10.2. The third kappa shape index (κ3) is 6.04. The summed E-state index contributed by atoms with van der Waals surface area (Å²) in [5, 5.41) is 9.78. The van der Waals surface area contributed by atoms with Crippen molar-refractivity contribution in [3.05, 3.63) is 44.3 Å². The number of aliphatic hydroxyl groups is 1. The van der Waals surface area contributed by atoms with Crippen LogP contribution in [0.5, 0.6) is 23.0 Å². The van der Waals surface area contributed by atoms with Crippen LogP contribution in [0.1, 0.15) is 11.1 Å². The van der Waals surface area contributed by atoms with E-state index in [1.54, 1.807) is 40.6 Å². The van der Waals surface area contributed by atoms with Gasteiger partial charge in [0, 0.05) is 17.5 Å². The molecule has 0 aliphatic rings. The molecule has 1 N–H and O–H groups in total. The molecule has 8 heteroatoms. The maximum atomic E-state index is 9.02. The second-order valence-electron chi connectivity index (χ2n) is 4.90. The Labute approximate surface area is 179 Å². The number of aliphatic hydroxyl groups excluding tert-OH is 1. The van der Waals surface area contributed by atoms with Crippen molar-refractivity contribution in [2.24, 2.45) is 0 Å². The molecule has 0 saturated carbocycles. The fourth-order valence-electron chi connectivity index (χ4n) is 2.00. The second-order valence-corrected chi connectivity index (χ2v) is 7.04. The van der Waals surface area contributed by atoms with Gasteiger partial charge in [0.1, 0.15) is 23.0 Å². The Balaban J connectivity index is 0.000000260. The van der Waals surface area contributed by atoms with Crippen molar-refractivity contribution in [3.63, 3.8) is 0 Å². The van der Waals surface area contributed by atoms with Crippen molar-refractivity contribution in [2.45, 2.75) is 11.9 Å². The van der Waals surface area contributed by atoms with Crippen molar-refractivity contribution in [1.82, 2.24) is 0 Å². The Kier molecular flexibility index (Phi) is 10.4. The first-order valence-electron chi connectivity index (χ1n) is 7.43. The van der Waals surface area contributed by atoms with Gasteiger partial charge in [-0.05, 0) is 55.1 Å². The third-order valence-electron chi connectivity index (χ3n) is 3.40. The van der Waals surface area contributed by atoms with E-state index >= 15 is 0 Å². The van der Waals surface area contributed by atoms with Gasteiger partial charge >= 0.3 is 0 Å². The summed E-state index contributed by atoms with van der Waals surface area (Å²) in [4.78, 5) is 0. The predicted octanol–water partition coefficient (Wildman–Crippen LogP) is 5.32. The lowest BCUT2D eigenvalue weighted by Gasteiger charge is -2.09. The molecule has 144 valence electrons. The largest absolute Gasteiger partial charge is 0.497 e. The Bertz CT molecular complexity index is 610. The van der Waals surface area contributed by atoms with E-state index < -0.39 is 0 Å². The number of methoxy groups -OCH3 is 4. The minimum atomic E-state index is -0.0475. The number of hydrogen-bond donors (Lipinski definition) is 1. The van der Waals surface area contributed by atoms with Crippen molar-refractivity contribution < 1.29 is 24.1 Å². The van der Waals surface area contributed by atoms with E-state index in [4.69, 9.17) is 24.1 Å². The van der Waals surface area contributed by atoms with Crippen LogP contribution in [0.2, 0.25) is 0 Å². The molecule has 0 heterocycles. The van der Waals surface area contributed by atoms with Crippen LogP contribution < -0.4 is 18.9 Å². The first-order valence-corrected chi connectivity index (χ1v) is 10.1. The highest BCUT2D eigenvalue weighted by atomic mass is 79.9. The molecule has 26 heavy (non-hydrogen) atoms. The number of hydrogen-bond acceptors (Lipinski definition) is 5. The molecule has 0 spiro atoms. The molecule has 0 radical (unpaired) electrons. The Morgan fingerprint density at radius 1 is 0.731 bits per heavy atom. The van der Waals surface area contributed by atoms with Crippen LogP contribution in [-0.2, 0) is 11.9 Å². The molecule has 0 fully saturated rings. The van der Waals surface area contributed by atoms with E-state index in [1.165, 1.54) is 0 Å². The summed E-state index contributed by atoms with van der Waals surface area (Å²) in [5.41, 5.74) is 1.85. The van der Waals surface area contributed by atoms with Gasteiger partial charge in [-0.25, -0.2) is 0 Å². The Hall–Kier alpha value is -0.960. The molecule has 2 aromatic rings. The van der Waals surface area contributed by atoms with Gasteiger partial charge in [-0.2, -0.15) is 0 Å². The maximum Gasteiger partial charge on any atom is 0.137 e. The van der Waals surface area contributed by atoms with Gasteiger partial charge in [-0.1, -0.05) is 15.9 Å². The molecule has 2 aromatic carbocycles. The van der Waals surface area contributed by atoms with Crippen LogP contribution in [0.25, 0.3) is 0 Å². The average Bonchev–Trinajstić information content (AvgIpc) is 2.68. The molecule has 0 saturated heterocycles. The predicted molar refractivity (Wildman–Crippen MR) is 113 cm³/mol. The fourth-order valence-corrected chi connectivity index (χ4v) is 3.87. The molecule has 5 nitrogen and oxygen atoms in total. The van der Waals surface area contributed by atoms with Crippen LogP contribution in [-0.4, -0.2) is 33.5 Å². The van der Waals surface area contributed by atoms with Gasteiger partial charge in [-0.15, -0.1) is 0 Å². The molecule has 0 atom stereocenters. The van der Waals surface area contributed by atoms with E-state index in [9.17, 15) is 0 Å². The first kappa shape index (κ1) is 23.1. The van der Waals surface area contributed by atoms with Crippen molar-refractivity contribution >= 4 is 47.8 Å². The zero-order chi connectivity index (χ0) is 19.7. The van der Waals surface area contributed by atoms with Crippen molar-refractivity contribution in [1.29, 1.82) is 0 Å². The summed E-state index contributed by atoms with van der Waals surface area (Å²) < 4.78 is 22.2. The summed E-state index contributed by atoms with van der Waals surface area (Å²) >= 11 is 10.2. The number of ether oxygens (including phenoxy) is 4. The van der Waals surface area contributed by atoms with Gasteiger partial charge < -0.3 is 24.1 Å². The van der Waals surface area contributed by atoms with Crippen LogP contribution in [0.3, 0.4) is 0 Å². The molecular formula is C18H21Br3O5. The second kappa shape index (κ2) is 11.7. The van der Waals surface area contributed by atoms with Gasteiger partial charge in [-0.3, -0.25) is 0 Å². The van der Waals surface area contributed by atoms with Crippen LogP contribution in [0.15, 0.2) is 33.2 Å². The van der Waals surface area contributed by atoms with Crippen LogP contribution in [0.4, 0.5) is 0 Å². The number of halogens is 3. The molecule has 2 rings (SSSR count). The molecule has 0 aliphatic heterocycles. The van der Waals surface area contributed by atoms with Crippen LogP contribution >= 0.6 is 47.8 Å². The topological polar surface area (TPSA) is 57.2 Å².